The van der Waals surface area contributed by atoms with Crippen LogP contribution < -0.4 is 11.2 Å². The summed E-state index contributed by atoms with van der Waals surface area (Å²) in [6.07, 6.45) is 1.19. The van der Waals surface area contributed by atoms with Crippen LogP contribution in [0.3, 0.4) is 0 Å². The fraction of sp³-hybridized carbons (Fsp3) is 0.0833. The van der Waals surface area contributed by atoms with E-state index >= 15 is 0 Å². The van der Waals surface area contributed by atoms with Crippen LogP contribution in [0.2, 0.25) is 0 Å². The maximum absolute atomic E-state index is 11.6. The summed E-state index contributed by atoms with van der Waals surface area (Å²) in [7, 11) is 0. The average Bonchev–Trinajstić information content (AvgIpc) is 2.41. The minimum atomic E-state index is -1.46. The summed E-state index contributed by atoms with van der Waals surface area (Å²) in [5.41, 5.74) is -2.27. The van der Waals surface area contributed by atoms with Crippen LogP contribution in [0.5, 0.6) is 0 Å². The third-order valence-corrected chi connectivity index (χ3v) is 2.78. The Labute approximate surface area is 116 Å². The number of nitro benzene ring substituents is 1. The van der Waals surface area contributed by atoms with Crippen LogP contribution in [-0.4, -0.2) is 25.6 Å². The molecule has 2 rings (SSSR count). The van der Waals surface area contributed by atoms with Crippen molar-refractivity contribution < 1.29 is 14.8 Å². The van der Waals surface area contributed by atoms with E-state index in [2.05, 4.69) is 0 Å². The van der Waals surface area contributed by atoms with E-state index in [0.29, 0.717) is 0 Å². The van der Waals surface area contributed by atoms with Gasteiger partial charge in [0.2, 0.25) is 0 Å². The highest BCUT2D eigenvalue weighted by Crippen LogP contribution is 2.22. The number of hydrogen-bond acceptors (Lipinski definition) is 5. The molecule has 0 amide bonds. The number of hydrogen-bond donors (Lipinski definition) is 2. The minimum Gasteiger partial charge on any atom is -0.477 e. The summed E-state index contributed by atoms with van der Waals surface area (Å²) >= 11 is 0. The lowest BCUT2D eigenvalue weighted by Gasteiger charge is -2.08. The van der Waals surface area contributed by atoms with E-state index in [1.165, 1.54) is 18.3 Å². The number of aromatic nitrogens is 2. The largest absolute Gasteiger partial charge is 0.477 e. The molecule has 0 spiro atoms. The maximum atomic E-state index is 11.6. The predicted molar refractivity (Wildman–Crippen MR) is 70.5 cm³/mol. The zero-order valence-electron chi connectivity index (χ0n) is 10.5. The number of benzene rings is 1. The highest BCUT2D eigenvalue weighted by Gasteiger charge is 2.23. The number of nitro groups is 1. The molecule has 0 saturated carbocycles. The number of aromatic amines is 1. The first-order valence-corrected chi connectivity index (χ1v) is 5.69. The van der Waals surface area contributed by atoms with Gasteiger partial charge in [-0.3, -0.25) is 24.5 Å². The standard InChI is InChI=1S/C12H9N3O6/c16-9-4-5-14(12(19)13-9)6-7-2-1-3-8(15(20)21)10(7)11(17)18/h1-5H,6H2,(H,17,18)(H,13,16,19). The summed E-state index contributed by atoms with van der Waals surface area (Å²) in [4.78, 5) is 45.8. The van der Waals surface area contributed by atoms with Crippen LogP contribution in [-0.2, 0) is 6.54 Å². The predicted octanol–water partition coefficient (Wildman–Crippen LogP) is 0.191. The van der Waals surface area contributed by atoms with Crippen molar-refractivity contribution >= 4 is 11.7 Å². The van der Waals surface area contributed by atoms with Crippen molar-refractivity contribution in [3.05, 3.63) is 72.5 Å². The van der Waals surface area contributed by atoms with Gasteiger partial charge >= 0.3 is 11.7 Å². The van der Waals surface area contributed by atoms with Gasteiger partial charge in [-0.05, 0) is 5.56 Å². The molecule has 1 heterocycles. The number of carboxylic acids is 1. The molecule has 9 heteroatoms. The Kier molecular flexibility index (Phi) is 3.65. The molecule has 1 aromatic carbocycles. The summed E-state index contributed by atoms with van der Waals surface area (Å²) in [6.45, 7) is -0.209. The molecular formula is C12H9N3O6. The summed E-state index contributed by atoms with van der Waals surface area (Å²) < 4.78 is 1.05. The fourth-order valence-electron chi connectivity index (χ4n) is 1.87. The first-order valence-electron chi connectivity index (χ1n) is 5.69. The Bertz CT molecular complexity index is 835. The van der Waals surface area contributed by atoms with Gasteiger partial charge in [0.05, 0.1) is 11.5 Å². The molecular weight excluding hydrogens is 282 g/mol. The number of nitrogens with one attached hydrogen (secondary N) is 1. The molecule has 21 heavy (non-hydrogen) atoms. The van der Waals surface area contributed by atoms with Gasteiger partial charge in [0, 0.05) is 18.3 Å². The van der Waals surface area contributed by atoms with Crippen molar-refractivity contribution in [2.75, 3.05) is 0 Å². The average molecular weight is 291 g/mol. The number of aromatic carboxylic acids is 1. The van der Waals surface area contributed by atoms with E-state index in [-0.39, 0.29) is 12.1 Å². The first-order chi connectivity index (χ1) is 9.90. The second-order valence-electron chi connectivity index (χ2n) is 4.11. The van der Waals surface area contributed by atoms with E-state index in [1.54, 1.807) is 0 Å². The molecule has 0 atom stereocenters. The minimum absolute atomic E-state index is 0.0887. The Balaban J connectivity index is 2.56. The van der Waals surface area contributed by atoms with Crippen molar-refractivity contribution in [1.29, 1.82) is 0 Å². The zero-order valence-corrected chi connectivity index (χ0v) is 10.5. The molecule has 2 aromatic rings. The van der Waals surface area contributed by atoms with Crippen molar-refractivity contribution in [3.8, 4) is 0 Å². The molecule has 0 aliphatic heterocycles. The van der Waals surface area contributed by atoms with Crippen molar-refractivity contribution in [1.82, 2.24) is 9.55 Å². The van der Waals surface area contributed by atoms with Gasteiger partial charge in [0.15, 0.2) is 0 Å². The van der Waals surface area contributed by atoms with Gasteiger partial charge in [-0.15, -0.1) is 0 Å². The molecule has 0 bridgehead atoms. The Hall–Kier alpha value is -3.23. The van der Waals surface area contributed by atoms with E-state index in [4.69, 9.17) is 5.11 Å². The number of carbonyl (C=O) groups is 1. The Morgan fingerprint density at radius 1 is 1.33 bits per heavy atom. The molecule has 0 saturated heterocycles. The molecule has 108 valence electrons. The first kappa shape index (κ1) is 14.2. The highest BCUT2D eigenvalue weighted by molar-refractivity contribution is 5.94. The Morgan fingerprint density at radius 2 is 2.05 bits per heavy atom. The monoisotopic (exact) mass is 291 g/mol. The van der Waals surface area contributed by atoms with Gasteiger partial charge in [-0.1, -0.05) is 12.1 Å². The molecule has 9 nitrogen and oxygen atoms in total. The third kappa shape index (κ3) is 2.86. The lowest BCUT2D eigenvalue weighted by atomic mass is 10.1. The van der Waals surface area contributed by atoms with Crippen LogP contribution in [0.1, 0.15) is 15.9 Å². The second-order valence-corrected chi connectivity index (χ2v) is 4.11. The van der Waals surface area contributed by atoms with Crippen LogP contribution in [0.15, 0.2) is 40.1 Å². The van der Waals surface area contributed by atoms with Crippen molar-refractivity contribution in [2.24, 2.45) is 0 Å². The smallest absolute Gasteiger partial charge is 0.343 e. The second kappa shape index (κ2) is 5.41. The van der Waals surface area contributed by atoms with E-state index in [9.17, 15) is 24.5 Å². The molecule has 0 aliphatic carbocycles. The number of rotatable bonds is 4. The van der Waals surface area contributed by atoms with Gasteiger partial charge in [0.25, 0.3) is 11.2 Å². The molecule has 0 aliphatic rings. The lowest BCUT2D eigenvalue weighted by Crippen LogP contribution is -2.29. The zero-order chi connectivity index (χ0) is 15.6. The quantitative estimate of drug-likeness (QED) is 0.609. The maximum Gasteiger partial charge on any atom is 0.343 e. The molecule has 0 unspecified atom stereocenters. The SMILES string of the molecule is O=C(O)c1c(Cn2ccc(=O)[nH]c2=O)cccc1[N+](=O)[O-]. The van der Waals surface area contributed by atoms with Gasteiger partial charge < -0.3 is 5.11 Å². The molecule has 1 aromatic heterocycles. The van der Waals surface area contributed by atoms with Crippen LogP contribution in [0.4, 0.5) is 5.69 Å². The van der Waals surface area contributed by atoms with E-state index in [0.717, 1.165) is 16.7 Å². The number of nitrogens with zero attached hydrogens (tertiary/aromatic N) is 2. The normalized spacial score (nSPS) is 10.3. The van der Waals surface area contributed by atoms with Crippen molar-refractivity contribution in [3.63, 3.8) is 0 Å². The summed E-state index contributed by atoms with van der Waals surface area (Å²) in [5.74, 6) is -1.46. The van der Waals surface area contributed by atoms with E-state index in [1.807, 2.05) is 4.98 Å². The van der Waals surface area contributed by atoms with Crippen LogP contribution in [0.25, 0.3) is 0 Å². The molecule has 0 fully saturated rings. The third-order valence-electron chi connectivity index (χ3n) is 2.78. The molecule has 2 N–H and O–H groups in total. The molecule has 0 radical (unpaired) electrons. The van der Waals surface area contributed by atoms with Crippen molar-refractivity contribution in [2.45, 2.75) is 6.54 Å². The number of H-pyrrole nitrogens is 1. The van der Waals surface area contributed by atoms with Gasteiger partial charge in [-0.2, -0.15) is 0 Å². The fourth-order valence-corrected chi connectivity index (χ4v) is 1.87. The highest BCUT2D eigenvalue weighted by atomic mass is 16.6. The van der Waals surface area contributed by atoms with Crippen LogP contribution >= 0.6 is 0 Å². The van der Waals surface area contributed by atoms with Crippen LogP contribution in [0, 0.1) is 10.1 Å². The lowest BCUT2D eigenvalue weighted by molar-refractivity contribution is -0.385. The van der Waals surface area contributed by atoms with Gasteiger partial charge in [0.1, 0.15) is 5.56 Å². The van der Waals surface area contributed by atoms with E-state index < -0.39 is 33.4 Å². The summed E-state index contributed by atoms with van der Waals surface area (Å²) in [5, 5.41) is 20.0. The summed E-state index contributed by atoms with van der Waals surface area (Å²) in [6, 6.07) is 4.87. The Morgan fingerprint density at radius 3 is 2.62 bits per heavy atom. The van der Waals surface area contributed by atoms with Gasteiger partial charge in [-0.25, -0.2) is 9.59 Å². The number of carboxylic acid groups (broad SMARTS) is 1. The topological polar surface area (TPSA) is 135 Å².